The van der Waals surface area contributed by atoms with Gasteiger partial charge in [0.2, 0.25) is 0 Å². The Balaban J connectivity index is 2.68. The minimum Gasteiger partial charge on any atom is -0.465 e. The first-order valence-electron chi connectivity index (χ1n) is 3.96. The molecule has 0 aromatic carbocycles. The fourth-order valence-corrected chi connectivity index (χ4v) is 1.09. The Morgan fingerprint density at radius 1 is 1.62 bits per heavy atom. The molecule has 13 heavy (non-hydrogen) atoms. The van der Waals surface area contributed by atoms with Gasteiger partial charge in [-0.2, -0.15) is 0 Å². The number of esters is 1. The first-order chi connectivity index (χ1) is 6.25. The molecule has 4 heteroatoms. The lowest BCUT2D eigenvalue weighted by Crippen LogP contribution is -2.10. The molecule has 1 aromatic heterocycles. The Bertz CT molecular complexity index is 276. The maximum Gasteiger partial charge on any atom is 0.328 e. The average molecular weight is 200 g/mol. The molecule has 0 bridgehead atoms. The van der Waals surface area contributed by atoms with Crippen LogP contribution in [-0.4, -0.2) is 17.6 Å². The third-order valence-corrected chi connectivity index (χ3v) is 1.92. The molecule has 3 nitrogen and oxygen atoms in total. The first kappa shape index (κ1) is 9.99. The second-order valence-corrected chi connectivity index (χ2v) is 2.83. The molecule has 1 atom stereocenters. The van der Waals surface area contributed by atoms with E-state index in [1.54, 1.807) is 31.5 Å². The maximum absolute atomic E-state index is 11.2. The van der Waals surface area contributed by atoms with Gasteiger partial charge in [-0.15, -0.1) is 11.6 Å². The van der Waals surface area contributed by atoms with Gasteiger partial charge in [0.15, 0.2) is 5.38 Å². The van der Waals surface area contributed by atoms with Crippen LogP contribution < -0.4 is 0 Å². The van der Waals surface area contributed by atoms with Gasteiger partial charge in [0.05, 0.1) is 6.61 Å². The number of pyridine rings is 1. The molecule has 0 aliphatic rings. The van der Waals surface area contributed by atoms with Gasteiger partial charge in [-0.05, 0) is 24.6 Å². The zero-order valence-corrected chi connectivity index (χ0v) is 7.99. The highest BCUT2D eigenvalue weighted by Crippen LogP contribution is 2.20. The fourth-order valence-electron chi connectivity index (χ4n) is 0.884. The van der Waals surface area contributed by atoms with Crippen LogP contribution in [0.4, 0.5) is 0 Å². The van der Waals surface area contributed by atoms with Gasteiger partial charge < -0.3 is 4.74 Å². The Kier molecular flexibility index (Phi) is 3.71. The van der Waals surface area contributed by atoms with Crippen LogP contribution in [0.5, 0.6) is 0 Å². The number of hydrogen-bond donors (Lipinski definition) is 0. The van der Waals surface area contributed by atoms with Crippen LogP contribution in [0, 0.1) is 0 Å². The monoisotopic (exact) mass is 199 g/mol. The molecule has 0 spiro atoms. The van der Waals surface area contributed by atoms with E-state index in [2.05, 4.69) is 4.98 Å². The molecule has 0 saturated carbocycles. The summed E-state index contributed by atoms with van der Waals surface area (Å²) in [5.74, 6) is -0.421. The molecule has 0 aliphatic carbocycles. The largest absolute Gasteiger partial charge is 0.465 e. The predicted molar refractivity (Wildman–Crippen MR) is 49.5 cm³/mol. The lowest BCUT2D eigenvalue weighted by atomic mass is 10.2. The lowest BCUT2D eigenvalue weighted by molar-refractivity contribution is -0.142. The summed E-state index contributed by atoms with van der Waals surface area (Å²) in [6, 6.07) is 3.38. The molecule has 0 radical (unpaired) electrons. The van der Waals surface area contributed by atoms with E-state index in [0.29, 0.717) is 12.2 Å². The van der Waals surface area contributed by atoms with Gasteiger partial charge in [-0.3, -0.25) is 9.78 Å². The predicted octanol–water partition coefficient (Wildman–Crippen LogP) is 1.92. The SMILES string of the molecule is CCOC(=O)C(Cl)c1ccncc1. The van der Waals surface area contributed by atoms with Crippen LogP contribution in [0.2, 0.25) is 0 Å². The van der Waals surface area contributed by atoms with Crippen molar-refractivity contribution in [1.82, 2.24) is 4.98 Å². The smallest absolute Gasteiger partial charge is 0.328 e. The quantitative estimate of drug-likeness (QED) is 0.552. The number of rotatable bonds is 3. The minimum absolute atomic E-state index is 0.340. The molecule has 1 heterocycles. The molecule has 0 amide bonds. The van der Waals surface area contributed by atoms with Crippen molar-refractivity contribution in [3.8, 4) is 0 Å². The first-order valence-corrected chi connectivity index (χ1v) is 4.40. The van der Waals surface area contributed by atoms with E-state index in [1.165, 1.54) is 0 Å². The molecule has 70 valence electrons. The van der Waals surface area contributed by atoms with Crippen LogP contribution >= 0.6 is 11.6 Å². The highest BCUT2D eigenvalue weighted by atomic mass is 35.5. The normalized spacial score (nSPS) is 12.2. The topological polar surface area (TPSA) is 39.2 Å². The summed E-state index contributed by atoms with van der Waals surface area (Å²) in [5.41, 5.74) is 0.704. The van der Waals surface area contributed by atoms with E-state index in [-0.39, 0.29) is 0 Å². The van der Waals surface area contributed by atoms with Crippen LogP contribution in [0.15, 0.2) is 24.5 Å². The van der Waals surface area contributed by atoms with Crippen molar-refractivity contribution >= 4 is 17.6 Å². The molecule has 0 saturated heterocycles. The van der Waals surface area contributed by atoms with Crippen LogP contribution in [0.3, 0.4) is 0 Å². The summed E-state index contributed by atoms with van der Waals surface area (Å²) >= 11 is 5.83. The average Bonchev–Trinajstić information content (AvgIpc) is 2.18. The molecule has 0 aliphatic heterocycles. The molecule has 1 unspecified atom stereocenters. The summed E-state index contributed by atoms with van der Waals surface area (Å²) in [5, 5.41) is -0.733. The van der Waals surface area contributed by atoms with Crippen LogP contribution in [-0.2, 0) is 9.53 Å². The van der Waals surface area contributed by atoms with Gasteiger partial charge in [-0.1, -0.05) is 0 Å². The van der Waals surface area contributed by atoms with E-state index in [4.69, 9.17) is 16.3 Å². The highest BCUT2D eigenvalue weighted by molar-refractivity contribution is 6.29. The number of carbonyl (C=O) groups excluding carboxylic acids is 1. The number of nitrogens with zero attached hydrogens (tertiary/aromatic N) is 1. The van der Waals surface area contributed by atoms with Crippen molar-refractivity contribution in [1.29, 1.82) is 0 Å². The van der Waals surface area contributed by atoms with Crippen molar-refractivity contribution in [3.63, 3.8) is 0 Å². The van der Waals surface area contributed by atoms with Crippen molar-refractivity contribution < 1.29 is 9.53 Å². The van der Waals surface area contributed by atoms with E-state index in [9.17, 15) is 4.79 Å². The lowest BCUT2D eigenvalue weighted by Gasteiger charge is -2.07. The second kappa shape index (κ2) is 4.82. The van der Waals surface area contributed by atoms with E-state index in [1.807, 2.05) is 0 Å². The van der Waals surface area contributed by atoms with Gasteiger partial charge in [0.25, 0.3) is 0 Å². The second-order valence-electron chi connectivity index (χ2n) is 2.40. The van der Waals surface area contributed by atoms with Gasteiger partial charge in [0, 0.05) is 12.4 Å². The van der Waals surface area contributed by atoms with Crippen molar-refractivity contribution in [2.24, 2.45) is 0 Å². The van der Waals surface area contributed by atoms with Crippen LogP contribution in [0.1, 0.15) is 17.9 Å². The zero-order valence-electron chi connectivity index (χ0n) is 7.24. The maximum atomic E-state index is 11.2. The Labute approximate surface area is 81.7 Å². The van der Waals surface area contributed by atoms with E-state index >= 15 is 0 Å². The van der Waals surface area contributed by atoms with Crippen molar-refractivity contribution in [2.45, 2.75) is 12.3 Å². The number of carbonyl (C=O) groups is 1. The van der Waals surface area contributed by atoms with E-state index in [0.717, 1.165) is 0 Å². The van der Waals surface area contributed by atoms with Gasteiger partial charge in [-0.25, -0.2) is 0 Å². The molecule has 0 N–H and O–H groups in total. The summed E-state index contributed by atoms with van der Waals surface area (Å²) in [6.45, 7) is 2.08. The summed E-state index contributed by atoms with van der Waals surface area (Å²) in [4.78, 5) is 15.0. The van der Waals surface area contributed by atoms with Crippen molar-refractivity contribution in [2.75, 3.05) is 6.61 Å². The Hall–Kier alpha value is -1.09. The number of aromatic nitrogens is 1. The summed E-state index contributed by atoms with van der Waals surface area (Å²) in [7, 11) is 0. The highest BCUT2D eigenvalue weighted by Gasteiger charge is 2.17. The third kappa shape index (κ3) is 2.70. The molecular weight excluding hydrogens is 190 g/mol. The zero-order chi connectivity index (χ0) is 9.68. The van der Waals surface area contributed by atoms with Crippen molar-refractivity contribution in [3.05, 3.63) is 30.1 Å². The van der Waals surface area contributed by atoms with Crippen LogP contribution in [0.25, 0.3) is 0 Å². The number of halogens is 1. The number of hydrogen-bond acceptors (Lipinski definition) is 3. The van der Waals surface area contributed by atoms with Gasteiger partial charge >= 0.3 is 5.97 Å². The summed E-state index contributed by atoms with van der Waals surface area (Å²) in [6.07, 6.45) is 3.17. The molecule has 1 aromatic rings. The molecule has 0 fully saturated rings. The standard InChI is InChI=1S/C9H10ClNO2/c1-2-13-9(12)8(10)7-3-5-11-6-4-7/h3-6,8H,2H2,1H3. The number of ether oxygens (including phenoxy) is 1. The summed E-state index contributed by atoms with van der Waals surface area (Å²) < 4.78 is 4.77. The van der Waals surface area contributed by atoms with E-state index < -0.39 is 11.3 Å². The fraction of sp³-hybridized carbons (Fsp3) is 0.333. The molecular formula is C9H10ClNO2. The number of alkyl halides is 1. The third-order valence-electron chi connectivity index (χ3n) is 1.49. The Morgan fingerprint density at radius 3 is 2.77 bits per heavy atom. The Morgan fingerprint density at radius 2 is 2.23 bits per heavy atom. The molecule has 1 rings (SSSR count). The minimum atomic E-state index is -0.733. The van der Waals surface area contributed by atoms with Gasteiger partial charge in [0.1, 0.15) is 0 Å².